The molecular formula is C41H72N6O8S. The third kappa shape index (κ3) is 14.4. The number of likely N-dealkylation sites (tertiary alicyclic amines) is 1. The molecule has 1 fully saturated rings. The average molecular weight is 809 g/mol. The number of methoxy groups -OCH3 is 2. The number of hydrogen-bond donors (Lipinski definition) is 2. The first-order chi connectivity index (χ1) is 26.3. The van der Waals surface area contributed by atoms with E-state index in [-0.39, 0.29) is 60.9 Å². The Hall–Kier alpha value is -3.14. The van der Waals surface area contributed by atoms with E-state index in [1.807, 2.05) is 53.8 Å². The van der Waals surface area contributed by atoms with Crippen LogP contribution in [0.1, 0.15) is 106 Å². The lowest BCUT2D eigenvalue weighted by atomic mass is 9.90. The van der Waals surface area contributed by atoms with Crippen molar-refractivity contribution in [2.75, 3.05) is 48.0 Å². The van der Waals surface area contributed by atoms with Crippen molar-refractivity contribution in [1.29, 1.82) is 0 Å². The molecule has 7 atom stereocenters. The van der Waals surface area contributed by atoms with Crippen LogP contribution in [0, 0.1) is 23.7 Å². The van der Waals surface area contributed by atoms with Gasteiger partial charge < -0.3 is 39.5 Å². The van der Waals surface area contributed by atoms with Crippen molar-refractivity contribution < 1.29 is 38.2 Å². The molecule has 0 spiro atoms. The number of aromatic nitrogens is 1. The van der Waals surface area contributed by atoms with Gasteiger partial charge in [0.1, 0.15) is 11.0 Å². The number of likely N-dealkylation sites (N-methyl/N-ethyl adjacent to an activating group) is 2. The van der Waals surface area contributed by atoms with Gasteiger partial charge in [-0.2, -0.15) is 0 Å². The third-order valence-electron chi connectivity index (χ3n) is 11.1. The summed E-state index contributed by atoms with van der Waals surface area (Å²) in [5.74, 6) is -1.59. The second kappa shape index (κ2) is 23.3. The van der Waals surface area contributed by atoms with Gasteiger partial charge in [0.15, 0.2) is 0 Å². The first kappa shape index (κ1) is 49.0. The lowest BCUT2D eigenvalue weighted by Crippen LogP contribution is -2.56. The van der Waals surface area contributed by atoms with Crippen LogP contribution >= 0.6 is 11.3 Å². The monoisotopic (exact) mass is 809 g/mol. The molecule has 5 amide bonds. The van der Waals surface area contributed by atoms with Crippen LogP contribution in [0.25, 0.3) is 0 Å². The molecule has 7 unspecified atom stereocenters. The smallest absolute Gasteiger partial charge is 0.243 e. The number of hydrogen-bond acceptors (Lipinski definition) is 10. The van der Waals surface area contributed by atoms with Crippen molar-refractivity contribution in [3.8, 4) is 0 Å². The molecule has 1 aromatic rings. The summed E-state index contributed by atoms with van der Waals surface area (Å²) in [5.41, 5.74) is -0.695. The molecule has 1 aliphatic heterocycles. The van der Waals surface area contributed by atoms with Crippen LogP contribution in [-0.2, 0) is 44.7 Å². The topological polar surface area (TPSA) is 160 Å². The van der Waals surface area contributed by atoms with Gasteiger partial charge in [-0.05, 0) is 50.9 Å². The van der Waals surface area contributed by atoms with Crippen LogP contribution in [0.15, 0.2) is 11.6 Å². The highest BCUT2D eigenvalue weighted by Gasteiger charge is 2.42. The van der Waals surface area contributed by atoms with E-state index in [9.17, 15) is 24.0 Å². The number of carbonyl (C=O) groups is 5. The fourth-order valence-corrected chi connectivity index (χ4v) is 8.13. The molecule has 56 heavy (non-hydrogen) atoms. The second-order valence-electron chi connectivity index (χ2n) is 16.7. The van der Waals surface area contributed by atoms with Gasteiger partial charge in [0, 0.05) is 53.0 Å². The van der Waals surface area contributed by atoms with Gasteiger partial charge in [-0.3, -0.25) is 24.0 Å². The van der Waals surface area contributed by atoms with E-state index in [2.05, 4.69) is 29.5 Å². The minimum absolute atomic E-state index is 0.0207. The molecule has 2 heterocycles. The summed E-state index contributed by atoms with van der Waals surface area (Å²) in [5, 5.41) is 8.39. The number of rotatable bonds is 24. The van der Waals surface area contributed by atoms with Gasteiger partial charge in [0.25, 0.3) is 0 Å². The van der Waals surface area contributed by atoms with E-state index in [1.165, 1.54) is 16.2 Å². The van der Waals surface area contributed by atoms with Crippen molar-refractivity contribution >= 4 is 40.9 Å². The number of ether oxygens (including phenoxy) is 3. The van der Waals surface area contributed by atoms with E-state index in [4.69, 9.17) is 14.2 Å². The number of thiazole rings is 1. The van der Waals surface area contributed by atoms with Crippen molar-refractivity contribution in [3.05, 3.63) is 16.6 Å². The molecule has 0 aromatic carbocycles. The molecule has 2 N–H and O–H groups in total. The summed E-state index contributed by atoms with van der Waals surface area (Å²) in [6, 6.07) is -1.57. The molecule has 0 bridgehead atoms. The highest BCUT2D eigenvalue weighted by atomic mass is 32.1. The zero-order valence-electron chi connectivity index (χ0n) is 36.4. The van der Waals surface area contributed by atoms with Crippen LogP contribution < -0.4 is 10.6 Å². The van der Waals surface area contributed by atoms with Crippen LogP contribution in [-0.4, -0.2) is 133 Å². The Morgan fingerprint density at radius 1 is 0.982 bits per heavy atom. The summed E-state index contributed by atoms with van der Waals surface area (Å²) in [6.07, 6.45) is 3.74. The second-order valence-corrected chi connectivity index (χ2v) is 17.6. The number of nitrogens with zero attached hydrogens (tertiary/aromatic N) is 4. The van der Waals surface area contributed by atoms with Gasteiger partial charge in [-0.25, -0.2) is 4.98 Å². The Kier molecular flexibility index (Phi) is 20.4. The van der Waals surface area contributed by atoms with Crippen molar-refractivity contribution in [1.82, 2.24) is 30.3 Å². The lowest BCUT2D eigenvalue weighted by Gasteiger charge is -2.39. The summed E-state index contributed by atoms with van der Waals surface area (Å²) < 4.78 is 17.8. The van der Waals surface area contributed by atoms with Gasteiger partial charge in [0.2, 0.25) is 29.5 Å². The molecule has 14 nitrogen and oxygen atoms in total. The normalized spacial score (nSPS) is 17.9. The number of nitrogens with one attached hydrogen (secondary N) is 2. The third-order valence-corrected chi connectivity index (χ3v) is 11.9. The quantitative estimate of drug-likeness (QED) is 0.153. The van der Waals surface area contributed by atoms with E-state index in [1.54, 1.807) is 44.3 Å². The van der Waals surface area contributed by atoms with Crippen LogP contribution in [0.3, 0.4) is 0 Å². The Morgan fingerprint density at radius 3 is 2.21 bits per heavy atom. The minimum Gasteiger partial charge on any atom is -0.379 e. The fourth-order valence-electron chi connectivity index (χ4n) is 7.57. The van der Waals surface area contributed by atoms with Crippen LogP contribution in [0.4, 0.5) is 0 Å². The predicted molar refractivity (Wildman–Crippen MR) is 219 cm³/mol. The van der Waals surface area contributed by atoms with E-state index in [0.29, 0.717) is 38.5 Å². The lowest BCUT2D eigenvalue weighted by molar-refractivity contribution is -0.147. The molecular weight excluding hydrogens is 737 g/mol. The first-order valence-electron chi connectivity index (χ1n) is 20.2. The molecule has 1 aliphatic rings. The van der Waals surface area contributed by atoms with Gasteiger partial charge in [0.05, 0.1) is 61.7 Å². The fraction of sp³-hybridized carbons (Fsp3) is 0.805. The summed E-state index contributed by atoms with van der Waals surface area (Å²) in [4.78, 5) is 76.9. The van der Waals surface area contributed by atoms with Crippen molar-refractivity contribution in [2.45, 2.75) is 143 Å². The van der Waals surface area contributed by atoms with E-state index in [0.717, 1.165) is 17.8 Å². The Labute approximate surface area is 340 Å². The SMILES string of the molecule is CCC(C)C(C(CC(=O)N1CCCC1C(OC)C(C)C(=O)NCc1nccs1)OC)N(C)C(=O)CNC(=O)C(C(C)C)N(C)C(=O)CC(C)(C)OCCC(C)C. The van der Waals surface area contributed by atoms with Gasteiger partial charge >= 0.3 is 0 Å². The highest BCUT2D eigenvalue weighted by molar-refractivity contribution is 7.09. The molecule has 2 rings (SSSR count). The van der Waals surface area contributed by atoms with Crippen molar-refractivity contribution in [3.63, 3.8) is 0 Å². The van der Waals surface area contributed by atoms with Crippen LogP contribution in [0.2, 0.25) is 0 Å². The van der Waals surface area contributed by atoms with Crippen molar-refractivity contribution in [2.24, 2.45) is 23.7 Å². The highest BCUT2D eigenvalue weighted by Crippen LogP contribution is 2.29. The van der Waals surface area contributed by atoms with Gasteiger partial charge in [-0.1, -0.05) is 54.9 Å². The predicted octanol–water partition coefficient (Wildman–Crippen LogP) is 4.51. The molecule has 1 aromatic heterocycles. The molecule has 15 heteroatoms. The number of amides is 5. The average Bonchev–Trinajstić information content (AvgIpc) is 3.85. The molecule has 320 valence electrons. The summed E-state index contributed by atoms with van der Waals surface area (Å²) >= 11 is 1.47. The molecule has 0 saturated carbocycles. The largest absolute Gasteiger partial charge is 0.379 e. The summed E-state index contributed by atoms with van der Waals surface area (Å²) in [7, 11) is 6.39. The Bertz CT molecular complexity index is 1390. The maximum Gasteiger partial charge on any atom is 0.243 e. The number of carbonyl (C=O) groups excluding carboxylic acids is 5. The minimum atomic E-state index is -0.794. The van der Waals surface area contributed by atoms with Gasteiger partial charge in [-0.15, -0.1) is 11.3 Å². The maximum absolute atomic E-state index is 14.0. The molecule has 0 aliphatic carbocycles. The zero-order chi connectivity index (χ0) is 42.3. The first-order valence-corrected chi connectivity index (χ1v) is 21.1. The standard InChI is InChI=1S/C41H72N6O8S/c1-14-28(6)37(46(11)35(50)25-44-40(52)36(27(4)5)45(10)34(49)23-41(8,9)55-20-17-26(2)3)31(53-12)22-33(48)47-19-15-16-30(47)38(54-13)29(7)39(51)43-24-32-42-18-21-56-32/h18,21,26-31,36-38H,14-17,19-20,22-25H2,1-13H3,(H,43,51)(H,44,52). The molecule has 1 saturated heterocycles. The Balaban J connectivity index is 2.11. The maximum atomic E-state index is 14.0. The summed E-state index contributed by atoms with van der Waals surface area (Å²) in [6.45, 7) is 18.7. The van der Waals surface area contributed by atoms with Crippen LogP contribution in [0.5, 0.6) is 0 Å². The van der Waals surface area contributed by atoms with E-state index >= 15 is 0 Å². The zero-order valence-corrected chi connectivity index (χ0v) is 37.2. The molecule has 0 radical (unpaired) electrons. The Morgan fingerprint density at radius 2 is 1.66 bits per heavy atom. The van der Waals surface area contributed by atoms with E-state index < -0.39 is 41.7 Å².